The summed E-state index contributed by atoms with van der Waals surface area (Å²) in [4.78, 5) is 17.1. The van der Waals surface area contributed by atoms with E-state index in [1.165, 1.54) is 17.7 Å². The summed E-state index contributed by atoms with van der Waals surface area (Å²) in [6.07, 6.45) is 3.29. The molecular weight excluding hydrogens is 502 g/mol. The third kappa shape index (κ3) is 7.60. The number of aromatic nitrogens is 2. The van der Waals surface area contributed by atoms with Crippen molar-refractivity contribution in [2.45, 2.75) is 33.1 Å². The molecule has 5 rings (SSSR count). The molecule has 0 spiro atoms. The molecule has 0 unspecified atom stereocenters. The highest BCUT2D eigenvalue weighted by Gasteiger charge is 2.25. The fourth-order valence-corrected chi connectivity index (χ4v) is 5.96. The Balaban J connectivity index is 1.25. The van der Waals surface area contributed by atoms with Gasteiger partial charge in [0.1, 0.15) is 11.6 Å². The molecule has 3 heterocycles. The molecule has 0 amide bonds. The Kier molecular flexibility index (Phi) is 9.14. The van der Waals surface area contributed by atoms with Gasteiger partial charge < -0.3 is 25.3 Å². The highest BCUT2D eigenvalue weighted by atomic mass is 32.1. The van der Waals surface area contributed by atoms with E-state index < -0.39 is 0 Å². The lowest BCUT2D eigenvalue weighted by Crippen LogP contribution is -2.47. The molecular formula is C31H41N7S. The first-order valence-corrected chi connectivity index (χ1v) is 14.7. The van der Waals surface area contributed by atoms with Gasteiger partial charge in [-0.05, 0) is 61.0 Å². The molecule has 2 aromatic carbocycles. The van der Waals surface area contributed by atoms with Crippen LogP contribution in [0.15, 0.2) is 66.7 Å². The van der Waals surface area contributed by atoms with Crippen LogP contribution < -0.4 is 25.3 Å². The summed E-state index contributed by atoms with van der Waals surface area (Å²) >= 11 is 5.64. The number of piperazine rings is 1. The predicted molar refractivity (Wildman–Crippen MR) is 167 cm³/mol. The smallest absolute Gasteiger partial charge is 0.232 e. The van der Waals surface area contributed by atoms with Gasteiger partial charge in [-0.25, -0.2) is 0 Å². The molecule has 2 aliphatic rings. The van der Waals surface area contributed by atoms with Crippen LogP contribution in [0, 0.1) is 11.8 Å². The summed E-state index contributed by atoms with van der Waals surface area (Å²) in [6.45, 7) is 11.3. The number of benzene rings is 2. The minimum Gasteiger partial charge on any atom is -0.368 e. The number of nitrogens with one attached hydrogen (secondary N) is 2. The standard InChI is InChI=1S/C31H41N7S/c1-24-20-25(2)23-38(22-24)29-21-28(37-18-16-36(17-19-37)27-13-7-4-8-14-27)33-30(34-29)35-31(39)32-15-9-12-26-10-5-3-6-11-26/h3-8,10-11,13-14,21,24-25H,9,12,15-20,22-23H2,1-2H3,(H2,32,33,34,35,39)/t24-,25-/m0/s1. The fourth-order valence-electron chi connectivity index (χ4n) is 5.77. The van der Waals surface area contributed by atoms with Crippen LogP contribution in [0.3, 0.4) is 0 Å². The largest absolute Gasteiger partial charge is 0.368 e. The van der Waals surface area contributed by atoms with Crippen LogP contribution in [-0.4, -0.2) is 60.9 Å². The maximum absolute atomic E-state index is 5.64. The molecule has 1 aromatic heterocycles. The Morgan fingerprint density at radius 1 is 0.821 bits per heavy atom. The van der Waals surface area contributed by atoms with Crippen LogP contribution >= 0.6 is 12.2 Å². The minimum absolute atomic E-state index is 0.569. The van der Waals surface area contributed by atoms with Crippen LogP contribution in [-0.2, 0) is 6.42 Å². The number of para-hydroxylation sites is 1. The summed E-state index contributed by atoms with van der Waals surface area (Å²) in [5.41, 5.74) is 2.62. The van der Waals surface area contributed by atoms with Crippen molar-refractivity contribution in [3.05, 3.63) is 72.3 Å². The highest BCUT2D eigenvalue weighted by Crippen LogP contribution is 2.29. The molecule has 2 saturated heterocycles. The van der Waals surface area contributed by atoms with Crippen molar-refractivity contribution < 1.29 is 0 Å². The van der Waals surface area contributed by atoms with Crippen molar-refractivity contribution in [3.63, 3.8) is 0 Å². The highest BCUT2D eigenvalue weighted by molar-refractivity contribution is 7.80. The van der Waals surface area contributed by atoms with Crippen LogP contribution in [0.1, 0.15) is 32.3 Å². The third-order valence-corrected chi connectivity index (χ3v) is 7.86. The number of nitrogens with zero attached hydrogens (tertiary/aromatic N) is 5. The molecule has 2 atom stereocenters. The van der Waals surface area contributed by atoms with Gasteiger partial charge >= 0.3 is 0 Å². The number of hydrogen-bond acceptors (Lipinski definition) is 6. The van der Waals surface area contributed by atoms with Crippen molar-refractivity contribution >= 4 is 40.6 Å². The lowest BCUT2D eigenvalue weighted by Gasteiger charge is -2.38. The second kappa shape index (κ2) is 13.1. The van der Waals surface area contributed by atoms with Gasteiger partial charge in [-0.1, -0.05) is 62.4 Å². The van der Waals surface area contributed by atoms with E-state index in [4.69, 9.17) is 22.2 Å². The van der Waals surface area contributed by atoms with Gasteiger partial charge in [-0.3, -0.25) is 0 Å². The van der Waals surface area contributed by atoms with Crippen molar-refractivity contribution in [3.8, 4) is 0 Å². The van der Waals surface area contributed by atoms with Crippen LogP contribution in [0.4, 0.5) is 23.3 Å². The molecule has 0 saturated carbocycles. The molecule has 3 aromatic rings. The quantitative estimate of drug-likeness (QED) is 0.297. The average molecular weight is 544 g/mol. The zero-order valence-electron chi connectivity index (χ0n) is 23.2. The van der Waals surface area contributed by atoms with Gasteiger partial charge in [0, 0.05) is 57.6 Å². The molecule has 206 valence electrons. The first kappa shape index (κ1) is 27.2. The van der Waals surface area contributed by atoms with Crippen molar-refractivity contribution in [2.24, 2.45) is 11.8 Å². The number of piperidine rings is 1. The predicted octanol–water partition coefficient (Wildman–Crippen LogP) is 5.20. The first-order chi connectivity index (χ1) is 19.0. The maximum Gasteiger partial charge on any atom is 0.232 e. The van der Waals surface area contributed by atoms with Gasteiger partial charge in [-0.2, -0.15) is 9.97 Å². The molecule has 2 fully saturated rings. The molecule has 0 radical (unpaired) electrons. The number of hydrogen-bond donors (Lipinski definition) is 2. The third-order valence-electron chi connectivity index (χ3n) is 7.61. The van der Waals surface area contributed by atoms with E-state index in [9.17, 15) is 0 Å². The van der Waals surface area contributed by atoms with E-state index >= 15 is 0 Å². The van der Waals surface area contributed by atoms with Crippen molar-refractivity contribution in [1.29, 1.82) is 0 Å². The van der Waals surface area contributed by atoms with E-state index in [0.717, 1.165) is 70.3 Å². The second-order valence-electron chi connectivity index (χ2n) is 11.0. The number of aryl methyl sites for hydroxylation is 1. The van der Waals surface area contributed by atoms with Crippen molar-refractivity contribution in [2.75, 3.05) is 65.8 Å². The first-order valence-electron chi connectivity index (χ1n) is 14.3. The van der Waals surface area contributed by atoms with Crippen LogP contribution in [0.2, 0.25) is 0 Å². The molecule has 7 nitrogen and oxygen atoms in total. The fraction of sp³-hybridized carbons (Fsp3) is 0.452. The zero-order valence-corrected chi connectivity index (χ0v) is 24.0. The molecule has 0 aliphatic carbocycles. The molecule has 2 aliphatic heterocycles. The molecule has 39 heavy (non-hydrogen) atoms. The number of thiocarbonyl (C=S) groups is 1. The monoisotopic (exact) mass is 543 g/mol. The lowest BCUT2D eigenvalue weighted by atomic mass is 9.92. The second-order valence-corrected chi connectivity index (χ2v) is 11.4. The van der Waals surface area contributed by atoms with Gasteiger partial charge in [0.25, 0.3) is 0 Å². The Morgan fingerprint density at radius 3 is 2.08 bits per heavy atom. The van der Waals surface area contributed by atoms with Gasteiger partial charge in [0.2, 0.25) is 5.95 Å². The summed E-state index contributed by atoms with van der Waals surface area (Å²) in [5.74, 6) is 3.81. The molecule has 2 N–H and O–H groups in total. The summed E-state index contributed by atoms with van der Waals surface area (Å²) in [7, 11) is 0. The summed E-state index contributed by atoms with van der Waals surface area (Å²) in [6, 6.07) is 23.4. The summed E-state index contributed by atoms with van der Waals surface area (Å²) < 4.78 is 0. The minimum atomic E-state index is 0.569. The Hall–Kier alpha value is -3.39. The SMILES string of the molecule is C[C@H]1C[C@H](C)CN(c2cc(N3CCN(c4ccccc4)CC3)nc(NC(=S)NCCCc3ccccc3)n2)C1. The Labute approximate surface area is 238 Å². The van der Waals surface area contributed by atoms with Gasteiger partial charge in [-0.15, -0.1) is 0 Å². The molecule has 0 bridgehead atoms. The molecule has 8 heteroatoms. The van der Waals surface area contributed by atoms with Gasteiger partial charge in [0.15, 0.2) is 5.11 Å². The van der Waals surface area contributed by atoms with E-state index in [-0.39, 0.29) is 0 Å². The van der Waals surface area contributed by atoms with E-state index in [0.29, 0.717) is 22.9 Å². The van der Waals surface area contributed by atoms with E-state index in [1.807, 2.05) is 0 Å². The zero-order chi connectivity index (χ0) is 27.0. The number of anilines is 4. The number of rotatable bonds is 8. The Morgan fingerprint density at radius 2 is 1.41 bits per heavy atom. The normalized spacial score (nSPS) is 19.6. The Bertz CT molecular complexity index is 1190. The van der Waals surface area contributed by atoms with Crippen LogP contribution in [0.25, 0.3) is 0 Å². The lowest BCUT2D eigenvalue weighted by molar-refractivity contribution is 0.355. The van der Waals surface area contributed by atoms with Crippen molar-refractivity contribution in [1.82, 2.24) is 15.3 Å². The summed E-state index contributed by atoms with van der Waals surface area (Å²) in [5, 5.41) is 7.20. The van der Waals surface area contributed by atoms with E-state index in [2.05, 4.69) is 106 Å². The maximum atomic E-state index is 5.64. The topological polar surface area (TPSA) is 59.6 Å². The average Bonchev–Trinajstić information content (AvgIpc) is 2.96. The van der Waals surface area contributed by atoms with Gasteiger partial charge in [0.05, 0.1) is 0 Å². The van der Waals surface area contributed by atoms with Crippen LogP contribution in [0.5, 0.6) is 0 Å². The van der Waals surface area contributed by atoms with E-state index in [1.54, 1.807) is 0 Å².